The second-order valence-corrected chi connectivity index (χ2v) is 7.12. The molecule has 0 aliphatic heterocycles. The van der Waals surface area contributed by atoms with Crippen LogP contribution in [0, 0.1) is 5.92 Å². The fourth-order valence-electron chi connectivity index (χ4n) is 2.52. The van der Waals surface area contributed by atoms with E-state index in [1.807, 2.05) is 26.0 Å². The van der Waals surface area contributed by atoms with Crippen LogP contribution in [0.1, 0.15) is 25.8 Å². The van der Waals surface area contributed by atoms with Gasteiger partial charge in [0.15, 0.2) is 0 Å². The van der Waals surface area contributed by atoms with E-state index >= 15 is 0 Å². The smallest absolute Gasteiger partial charge is 0.319 e. The highest BCUT2D eigenvalue weighted by Crippen LogP contribution is 2.20. The van der Waals surface area contributed by atoms with Crippen LogP contribution in [-0.4, -0.2) is 18.0 Å². The number of carbonyl (C=O) groups is 2. The molecule has 0 spiro atoms. The van der Waals surface area contributed by atoms with E-state index in [-0.39, 0.29) is 11.9 Å². The lowest BCUT2D eigenvalue weighted by Gasteiger charge is -2.15. The number of urea groups is 1. The molecule has 1 atom stereocenters. The van der Waals surface area contributed by atoms with E-state index in [9.17, 15) is 9.59 Å². The van der Waals surface area contributed by atoms with Crippen LogP contribution < -0.4 is 21.7 Å². The molecule has 2 rings (SSSR count). The normalized spacial score (nSPS) is 11.7. The van der Waals surface area contributed by atoms with Crippen molar-refractivity contribution in [3.63, 3.8) is 0 Å². The number of amides is 3. The summed E-state index contributed by atoms with van der Waals surface area (Å²) in [5.41, 5.74) is 7.93. The molecule has 2 aromatic rings. The second kappa shape index (κ2) is 9.94. The summed E-state index contributed by atoms with van der Waals surface area (Å²) in [6.07, 6.45) is 0.620. The van der Waals surface area contributed by atoms with Gasteiger partial charge in [-0.05, 0) is 42.2 Å². The van der Waals surface area contributed by atoms with Crippen molar-refractivity contribution in [1.82, 2.24) is 5.32 Å². The zero-order chi connectivity index (χ0) is 19.8. The monoisotopic (exact) mass is 388 g/mol. The third-order valence-electron chi connectivity index (χ3n) is 3.83. The molecule has 0 aliphatic rings. The highest BCUT2D eigenvalue weighted by molar-refractivity contribution is 6.33. The number of halogens is 1. The van der Waals surface area contributed by atoms with E-state index < -0.39 is 6.04 Å². The highest BCUT2D eigenvalue weighted by Gasteiger charge is 2.15. The molecule has 5 N–H and O–H groups in total. The maximum Gasteiger partial charge on any atom is 0.319 e. The molecule has 3 amide bonds. The Morgan fingerprint density at radius 3 is 2.52 bits per heavy atom. The summed E-state index contributed by atoms with van der Waals surface area (Å²) in [5.74, 6) is 0.128. The number of hydrogen-bond acceptors (Lipinski definition) is 3. The van der Waals surface area contributed by atoms with Gasteiger partial charge in [-0.1, -0.05) is 49.7 Å². The van der Waals surface area contributed by atoms with Crippen LogP contribution >= 0.6 is 11.6 Å². The first-order valence-corrected chi connectivity index (χ1v) is 9.17. The van der Waals surface area contributed by atoms with Gasteiger partial charge in [0.1, 0.15) is 0 Å². The Morgan fingerprint density at radius 2 is 1.81 bits per heavy atom. The van der Waals surface area contributed by atoms with Crippen LogP contribution in [0.15, 0.2) is 48.5 Å². The van der Waals surface area contributed by atoms with Gasteiger partial charge in [-0.25, -0.2) is 4.79 Å². The lowest BCUT2D eigenvalue weighted by molar-refractivity contribution is -0.117. The standard InChI is InChI=1S/C20H25ClN4O2/c1-13(2)10-17(22)19(26)24-15-7-5-6-14(11-15)12-23-20(27)25-18-9-4-3-8-16(18)21/h3-9,11,13,17H,10,12,22H2,1-2H3,(H,24,26)(H2,23,25,27)/t17-/m0/s1. The molecule has 0 fully saturated rings. The molecule has 0 heterocycles. The second-order valence-electron chi connectivity index (χ2n) is 6.71. The van der Waals surface area contributed by atoms with Crippen molar-refractivity contribution in [3.05, 3.63) is 59.1 Å². The first-order chi connectivity index (χ1) is 12.8. The molecule has 6 nitrogen and oxygen atoms in total. The van der Waals surface area contributed by atoms with E-state index in [2.05, 4.69) is 16.0 Å². The van der Waals surface area contributed by atoms with Crippen molar-refractivity contribution < 1.29 is 9.59 Å². The van der Waals surface area contributed by atoms with Gasteiger partial charge >= 0.3 is 6.03 Å². The number of nitrogens with two attached hydrogens (primary N) is 1. The molecule has 0 bridgehead atoms. The predicted octanol–water partition coefficient (Wildman–Crippen LogP) is 3.97. The SMILES string of the molecule is CC(C)C[C@H](N)C(=O)Nc1cccc(CNC(=O)Nc2ccccc2Cl)c1. The zero-order valence-corrected chi connectivity index (χ0v) is 16.2. The highest BCUT2D eigenvalue weighted by atomic mass is 35.5. The van der Waals surface area contributed by atoms with Gasteiger partial charge in [-0.2, -0.15) is 0 Å². The van der Waals surface area contributed by atoms with Gasteiger partial charge in [0.25, 0.3) is 0 Å². The molecule has 0 unspecified atom stereocenters. The Hall–Kier alpha value is -2.57. The minimum atomic E-state index is -0.548. The number of benzene rings is 2. The number of anilines is 2. The fourth-order valence-corrected chi connectivity index (χ4v) is 2.70. The minimum Gasteiger partial charge on any atom is -0.334 e. The number of nitrogens with one attached hydrogen (secondary N) is 3. The lowest BCUT2D eigenvalue weighted by atomic mass is 10.0. The molecular weight excluding hydrogens is 364 g/mol. The summed E-state index contributed by atoms with van der Waals surface area (Å²) < 4.78 is 0. The van der Waals surface area contributed by atoms with E-state index in [0.29, 0.717) is 35.3 Å². The van der Waals surface area contributed by atoms with Crippen molar-refractivity contribution >= 4 is 34.9 Å². The Labute approximate surface area is 164 Å². The van der Waals surface area contributed by atoms with E-state index in [1.165, 1.54) is 0 Å². The van der Waals surface area contributed by atoms with Gasteiger partial charge in [0, 0.05) is 12.2 Å². The van der Waals surface area contributed by atoms with E-state index in [4.69, 9.17) is 17.3 Å². The Balaban J connectivity index is 1.89. The predicted molar refractivity (Wildman–Crippen MR) is 110 cm³/mol. The molecule has 7 heteroatoms. The van der Waals surface area contributed by atoms with E-state index in [1.54, 1.807) is 36.4 Å². The summed E-state index contributed by atoms with van der Waals surface area (Å²) in [7, 11) is 0. The van der Waals surface area contributed by atoms with Crippen LogP contribution in [0.3, 0.4) is 0 Å². The van der Waals surface area contributed by atoms with Gasteiger partial charge in [0.2, 0.25) is 5.91 Å². The lowest BCUT2D eigenvalue weighted by Crippen LogP contribution is -2.36. The number of rotatable bonds is 7. The molecular formula is C20H25ClN4O2. The number of hydrogen-bond donors (Lipinski definition) is 4. The fraction of sp³-hybridized carbons (Fsp3) is 0.300. The Bertz CT molecular complexity index is 795. The largest absolute Gasteiger partial charge is 0.334 e. The first kappa shape index (κ1) is 20.7. The molecule has 0 aliphatic carbocycles. The average molecular weight is 389 g/mol. The summed E-state index contributed by atoms with van der Waals surface area (Å²) in [6, 6.07) is 13.3. The van der Waals surface area contributed by atoms with Crippen molar-refractivity contribution in [2.24, 2.45) is 11.7 Å². The van der Waals surface area contributed by atoms with Crippen LogP contribution in [0.2, 0.25) is 5.02 Å². The van der Waals surface area contributed by atoms with Gasteiger partial charge < -0.3 is 21.7 Å². The average Bonchev–Trinajstić information content (AvgIpc) is 2.61. The van der Waals surface area contributed by atoms with Crippen molar-refractivity contribution in [2.45, 2.75) is 32.9 Å². The minimum absolute atomic E-state index is 0.217. The molecule has 144 valence electrons. The van der Waals surface area contributed by atoms with Gasteiger partial charge in [-0.3, -0.25) is 4.79 Å². The number of carbonyl (C=O) groups excluding carboxylic acids is 2. The first-order valence-electron chi connectivity index (χ1n) is 8.80. The van der Waals surface area contributed by atoms with Crippen molar-refractivity contribution in [3.8, 4) is 0 Å². The maximum absolute atomic E-state index is 12.1. The van der Waals surface area contributed by atoms with Crippen molar-refractivity contribution in [1.29, 1.82) is 0 Å². The Kier molecular flexibility index (Phi) is 7.64. The third kappa shape index (κ3) is 6.92. The maximum atomic E-state index is 12.1. The summed E-state index contributed by atoms with van der Waals surface area (Å²) in [5, 5.41) is 8.73. The molecule has 2 aromatic carbocycles. The van der Waals surface area contributed by atoms with Crippen LogP contribution in [0.25, 0.3) is 0 Å². The number of para-hydroxylation sites is 1. The van der Waals surface area contributed by atoms with Crippen LogP contribution in [0.5, 0.6) is 0 Å². The van der Waals surface area contributed by atoms with Crippen molar-refractivity contribution in [2.75, 3.05) is 10.6 Å². The van der Waals surface area contributed by atoms with Crippen LogP contribution in [-0.2, 0) is 11.3 Å². The summed E-state index contributed by atoms with van der Waals surface area (Å²) >= 11 is 6.02. The van der Waals surface area contributed by atoms with E-state index in [0.717, 1.165) is 5.56 Å². The van der Waals surface area contributed by atoms with Gasteiger partial charge in [-0.15, -0.1) is 0 Å². The molecule has 0 saturated heterocycles. The molecule has 0 saturated carbocycles. The summed E-state index contributed by atoms with van der Waals surface area (Å²) in [4.78, 5) is 24.2. The summed E-state index contributed by atoms with van der Waals surface area (Å²) in [6.45, 7) is 4.35. The Morgan fingerprint density at radius 1 is 1.07 bits per heavy atom. The zero-order valence-electron chi connectivity index (χ0n) is 15.5. The molecule has 0 radical (unpaired) electrons. The third-order valence-corrected chi connectivity index (χ3v) is 4.16. The molecule has 27 heavy (non-hydrogen) atoms. The molecule has 0 aromatic heterocycles. The van der Waals surface area contributed by atoms with Gasteiger partial charge in [0.05, 0.1) is 16.8 Å². The van der Waals surface area contributed by atoms with Crippen LogP contribution in [0.4, 0.5) is 16.2 Å². The quantitative estimate of drug-likeness (QED) is 0.577. The topological polar surface area (TPSA) is 96.2 Å².